The third-order valence-electron chi connectivity index (χ3n) is 2.86. The van der Waals surface area contributed by atoms with Crippen molar-refractivity contribution in [2.45, 2.75) is 51.6 Å². The fourth-order valence-corrected chi connectivity index (χ4v) is 1.85. The van der Waals surface area contributed by atoms with Crippen molar-refractivity contribution in [1.82, 2.24) is 0 Å². The van der Waals surface area contributed by atoms with Crippen molar-refractivity contribution < 1.29 is 19.1 Å². The molecule has 1 aliphatic rings. The van der Waals surface area contributed by atoms with Crippen LogP contribution in [0.2, 0.25) is 0 Å². The molecular formula is C13H18O4. The molecule has 0 aromatic heterocycles. The average molecular weight is 238 g/mol. The lowest BCUT2D eigenvalue weighted by Gasteiger charge is -2.24. The van der Waals surface area contributed by atoms with E-state index in [0.29, 0.717) is 0 Å². The van der Waals surface area contributed by atoms with E-state index >= 15 is 0 Å². The standard InChI is InChI=1S/C13H18O4/c1-3-5-6-9-13(17-12(16)4-2)10(14)7-8-11(13)15/h5-6H,3-4,7-9H2,1-2H3/b6-5+. The van der Waals surface area contributed by atoms with Crippen molar-refractivity contribution in [3.63, 3.8) is 0 Å². The minimum atomic E-state index is -1.53. The van der Waals surface area contributed by atoms with Crippen LogP contribution >= 0.6 is 0 Å². The molecule has 4 heteroatoms. The molecule has 4 nitrogen and oxygen atoms in total. The number of ketones is 2. The Morgan fingerprint density at radius 3 is 2.29 bits per heavy atom. The van der Waals surface area contributed by atoms with Crippen LogP contribution < -0.4 is 0 Å². The van der Waals surface area contributed by atoms with Gasteiger partial charge in [-0.1, -0.05) is 26.0 Å². The molecule has 0 aromatic carbocycles. The van der Waals surface area contributed by atoms with E-state index in [1.54, 1.807) is 13.0 Å². The molecule has 0 aromatic rings. The lowest BCUT2D eigenvalue weighted by atomic mass is 9.95. The number of hydrogen-bond donors (Lipinski definition) is 0. The molecule has 1 rings (SSSR count). The van der Waals surface area contributed by atoms with Crippen LogP contribution in [0.25, 0.3) is 0 Å². The summed E-state index contributed by atoms with van der Waals surface area (Å²) in [5.41, 5.74) is -1.53. The van der Waals surface area contributed by atoms with Crippen LogP contribution in [0.3, 0.4) is 0 Å². The van der Waals surface area contributed by atoms with E-state index in [4.69, 9.17) is 4.74 Å². The Hall–Kier alpha value is -1.45. The van der Waals surface area contributed by atoms with E-state index < -0.39 is 11.6 Å². The van der Waals surface area contributed by atoms with Crippen molar-refractivity contribution in [3.05, 3.63) is 12.2 Å². The Kier molecular flexibility index (Phi) is 4.61. The maximum Gasteiger partial charge on any atom is 0.306 e. The molecule has 0 N–H and O–H groups in total. The summed E-state index contributed by atoms with van der Waals surface area (Å²) in [6.45, 7) is 3.60. The topological polar surface area (TPSA) is 60.4 Å². The van der Waals surface area contributed by atoms with E-state index in [0.717, 1.165) is 6.42 Å². The molecule has 0 aliphatic heterocycles. The van der Waals surface area contributed by atoms with Crippen molar-refractivity contribution in [1.29, 1.82) is 0 Å². The molecule has 17 heavy (non-hydrogen) atoms. The van der Waals surface area contributed by atoms with E-state index in [-0.39, 0.29) is 37.2 Å². The molecule has 0 amide bonds. The van der Waals surface area contributed by atoms with Gasteiger partial charge in [-0.15, -0.1) is 0 Å². The highest BCUT2D eigenvalue weighted by Gasteiger charge is 2.51. The first-order valence-corrected chi connectivity index (χ1v) is 6.00. The summed E-state index contributed by atoms with van der Waals surface area (Å²) >= 11 is 0. The highest BCUT2D eigenvalue weighted by atomic mass is 16.6. The van der Waals surface area contributed by atoms with E-state index in [2.05, 4.69) is 0 Å². The number of allylic oxidation sites excluding steroid dienone is 1. The summed E-state index contributed by atoms with van der Waals surface area (Å²) in [6.07, 6.45) is 5.11. The van der Waals surface area contributed by atoms with Gasteiger partial charge >= 0.3 is 5.97 Å². The molecule has 1 fully saturated rings. The molecule has 0 bridgehead atoms. The maximum atomic E-state index is 11.8. The third kappa shape index (κ3) is 2.81. The van der Waals surface area contributed by atoms with Gasteiger partial charge < -0.3 is 4.74 Å². The number of ether oxygens (including phenoxy) is 1. The number of carbonyl (C=O) groups is 3. The third-order valence-corrected chi connectivity index (χ3v) is 2.86. The van der Waals surface area contributed by atoms with Crippen molar-refractivity contribution in [3.8, 4) is 0 Å². The SMILES string of the molecule is CC/C=C/CC1(OC(=O)CC)C(=O)CCC1=O. The average Bonchev–Trinajstić information content (AvgIpc) is 2.58. The highest BCUT2D eigenvalue weighted by molar-refractivity contribution is 6.17. The number of rotatable bonds is 5. The van der Waals surface area contributed by atoms with E-state index in [9.17, 15) is 14.4 Å². The number of esters is 1. The van der Waals surface area contributed by atoms with E-state index in [1.807, 2.05) is 13.0 Å². The second-order valence-electron chi connectivity index (χ2n) is 4.08. The summed E-state index contributed by atoms with van der Waals surface area (Å²) < 4.78 is 5.13. The van der Waals surface area contributed by atoms with Gasteiger partial charge in [0.2, 0.25) is 5.60 Å². The monoisotopic (exact) mass is 238 g/mol. The zero-order valence-electron chi connectivity index (χ0n) is 10.3. The molecule has 1 aliphatic carbocycles. The van der Waals surface area contributed by atoms with Crippen LogP contribution in [0.4, 0.5) is 0 Å². The van der Waals surface area contributed by atoms with Gasteiger partial charge in [0, 0.05) is 25.7 Å². The Morgan fingerprint density at radius 2 is 1.82 bits per heavy atom. The summed E-state index contributed by atoms with van der Waals surface area (Å²) in [5.74, 6) is -1.05. The summed E-state index contributed by atoms with van der Waals surface area (Å²) in [6, 6.07) is 0. The first-order chi connectivity index (χ1) is 8.06. The zero-order chi connectivity index (χ0) is 12.9. The fourth-order valence-electron chi connectivity index (χ4n) is 1.85. The molecule has 94 valence electrons. The predicted octanol–water partition coefficient (Wildman–Crippen LogP) is 1.97. The van der Waals surface area contributed by atoms with E-state index in [1.165, 1.54) is 0 Å². The van der Waals surface area contributed by atoms with Crippen molar-refractivity contribution >= 4 is 17.5 Å². The summed E-state index contributed by atoms with van der Waals surface area (Å²) in [4.78, 5) is 35.0. The number of hydrogen-bond acceptors (Lipinski definition) is 4. The maximum absolute atomic E-state index is 11.8. The predicted molar refractivity (Wildman–Crippen MR) is 62.4 cm³/mol. The second-order valence-corrected chi connectivity index (χ2v) is 4.08. The first-order valence-electron chi connectivity index (χ1n) is 6.00. The van der Waals surface area contributed by atoms with Crippen LogP contribution in [-0.2, 0) is 19.1 Å². The van der Waals surface area contributed by atoms with Crippen molar-refractivity contribution in [2.24, 2.45) is 0 Å². The molecule has 1 saturated carbocycles. The summed E-state index contributed by atoms with van der Waals surface area (Å²) in [7, 11) is 0. The van der Waals surface area contributed by atoms with Gasteiger partial charge in [-0.2, -0.15) is 0 Å². The van der Waals surface area contributed by atoms with Gasteiger partial charge in [-0.3, -0.25) is 14.4 Å². The Balaban J connectivity index is 2.91. The molecule has 0 heterocycles. The molecule has 0 atom stereocenters. The van der Waals surface area contributed by atoms with Crippen LogP contribution in [0.5, 0.6) is 0 Å². The minimum absolute atomic E-state index is 0.166. The zero-order valence-corrected chi connectivity index (χ0v) is 10.3. The number of carbonyl (C=O) groups excluding carboxylic acids is 3. The molecule has 0 unspecified atom stereocenters. The van der Waals surface area contributed by atoms with Gasteiger partial charge in [0.25, 0.3) is 0 Å². The summed E-state index contributed by atoms with van der Waals surface area (Å²) in [5, 5.41) is 0. The Morgan fingerprint density at radius 1 is 1.24 bits per heavy atom. The quantitative estimate of drug-likeness (QED) is 0.417. The minimum Gasteiger partial charge on any atom is -0.443 e. The van der Waals surface area contributed by atoms with Crippen LogP contribution in [0.1, 0.15) is 46.0 Å². The normalized spacial score (nSPS) is 18.9. The second kappa shape index (κ2) is 5.75. The molecule has 0 spiro atoms. The van der Waals surface area contributed by atoms with Crippen molar-refractivity contribution in [2.75, 3.05) is 0 Å². The Bertz CT molecular complexity index is 338. The number of Topliss-reactive ketones (excluding diaryl/α,β-unsaturated/α-hetero) is 2. The largest absolute Gasteiger partial charge is 0.443 e. The lowest BCUT2D eigenvalue weighted by molar-refractivity contribution is -0.169. The molecular weight excluding hydrogens is 220 g/mol. The van der Waals surface area contributed by atoms with Gasteiger partial charge in [0.1, 0.15) is 0 Å². The smallest absolute Gasteiger partial charge is 0.306 e. The Labute approximate surface area is 101 Å². The van der Waals surface area contributed by atoms with Gasteiger partial charge in [-0.25, -0.2) is 0 Å². The highest BCUT2D eigenvalue weighted by Crippen LogP contribution is 2.31. The molecule has 0 radical (unpaired) electrons. The van der Waals surface area contributed by atoms with Gasteiger partial charge in [0.15, 0.2) is 11.6 Å². The van der Waals surface area contributed by atoms with Crippen LogP contribution in [0, 0.1) is 0 Å². The fraction of sp³-hybridized carbons (Fsp3) is 0.615. The van der Waals surface area contributed by atoms with Gasteiger partial charge in [-0.05, 0) is 6.42 Å². The molecule has 0 saturated heterocycles. The van der Waals surface area contributed by atoms with Gasteiger partial charge in [0.05, 0.1) is 0 Å². The lowest BCUT2D eigenvalue weighted by Crippen LogP contribution is -2.45. The van der Waals surface area contributed by atoms with Crippen LogP contribution in [0.15, 0.2) is 12.2 Å². The first kappa shape index (κ1) is 13.6. The van der Waals surface area contributed by atoms with Crippen LogP contribution in [-0.4, -0.2) is 23.1 Å².